The Labute approximate surface area is 96.1 Å². The van der Waals surface area contributed by atoms with Crippen LogP contribution in [0, 0.1) is 0 Å². The molecule has 0 radical (unpaired) electrons. The summed E-state index contributed by atoms with van der Waals surface area (Å²) in [5, 5.41) is 0. The van der Waals surface area contributed by atoms with Crippen LogP contribution in [0.3, 0.4) is 0 Å². The van der Waals surface area contributed by atoms with Crippen LogP contribution in [-0.2, 0) is 23.8 Å². The maximum Gasteiger partial charge on any atom is 0.313 e. The van der Waals surface area contributed by atoms with Crippen molar-refractivity contribution in [2.24, 2.45) is 0 Å². The molecule has 0 aromatic carbocycles. The second-order valence-corrected chi connectivity index (χ2v) is 3.08. The van der Waals surface area contributed by atoms with Gasteiger partial charge in [-0.1, -0.05) is 0 Å². The molecule has 0 bridgehead atoms. The van der Waals surface area contributed by atoms with Crippen molar-refractivity contribution in [3.05, 3.63) is 0 Å². The molecule has 5 heteroatoms. The molecule has 0 heterocycles. The topological polar surface area (TPSA) is 61.8 Å². The molecule has 0 aromatic rings. The zero-order chi connectivity index (χ0) is 12.2. The molecule has 0 unspecified atom stereocenters. The molecule has 0 aliphatic carbocycles. The van der Waals surface area contributed by atoms with Gasteiger partial charge in [-0.2, -0.15) is 0 Å². The van der Waals surface area contributed by atoms with Gasteiger partial charge in [0.15, 0.2) is 0 Å². The summed E-state index contributed by atoms with van der Waals surface area (Å²) in [7, 11) is 0. The Hall–Kier alpha value is -0.940. The lowest BCUT2D eigenvalue weighted by Gasteiger charge is -2.04. The van der Waals surface area contributed by atoms with Crippen LogP contribution in [0.5, 0.6) is 0 Å². The van der Waals surface area contributed by atoms with E-state index in [1.165, 1.54) is 0 Å². The zero-order valence-corrected chi connectivity index (χ0v) is 9.99. The van der Waals surface area contributed by atoms with Crippen molar-refractivity contribution in [1.82, 2.24) is 0 Å². The summed E-state index contributed by atoms with van der Waals surface area (Å²) in [6.45, 7) is 5.90. The predicted octanol–water partition coefficient (Wildman–Crippen LogP) is 0.952. The molecule has 0 aliphatic heterocycles. The van der Waals surface area contributed by atoms with E-state index in [9.17, 15) is 9.59 Å². The van der Waals surface area contributed by atoms with Crippen LogP contribution in [0.25, 0.3) is 0 Å². The summed E-state index contributed by atoms with van der Waals surface area (Å²) in [5.74, 6) is -0.628. The first kappa shape index (κ1) is 15.1. The van der Waals surface area contributed by atoms with Gasteiger partial charge in [0.25, 0.3) is 0 Å². The van der Waals surface area contributed by atoms with Gasteiger partial charge in [-0.05, 0) is 13.8 Å². The first-order valence-electron chi connectivity index (χ1n) is 5.53. The number of ketones is 1. The smallest absolute Gasteiger partial charge is 0.313 e. The van der Waals surface area contributed by atoms with Crippen LogP contribution < -0.4 is 0 Å². The van der Waals surface area contributed by atoms with Crippen molar-refractivity contribution in [3.8, 4) is 0 Å². The van der Waals surface area contributed by atoms with E-state index in [2.05, 4.69) is 4.74 Å². The first-order chi connectivity index (χ1) is 7.70. The Kier molecular flexibility index (Phi) is 9.95. The highest BCUT2D eigenvalue weighted by molar-refractivity contribution is 5.95. The molecule has 94 valence electrons. The number of ether oxygens (including phenoxy) is 3. The molecular formula is C11H20O5. The quantitative estimate of drug-likeness (QED) is 0.319. The lowest BCUT2D eigenvalue weighted by Crippen LogP contribution is -2.13. The van der Waals surface area contributed by atoms with Crippen LogP contribution in [-0.4, -0.2) is 44.8 Å². The van der Waals surface area contributed by atoms with E-state index >= 15 is 0 Å². The van der Waals surface area contributed by atoms with Gasteiger partial charge < -0.3 is 14.2 Å². The third-order valence-electron chi connectivity index (χ3n) is 1.75. The third kappa shape index (κ3) is 9.61. The third-order valence-corrected chi connectivity index (χ3v) is 1.75. The van der Waals surface area contributed by atoms with E-state index < -0.39 is 5.97 Å². The molecule has 0 rings (SSSR count). The van der Waals surface area contributed by atoms with E-state index in [-0.39, 0.29) is 18.6 Å². The van der Waals surface area contributed by atoms with Gasteiger partial charge in [0.1, 0.15) is 12.2 Å². The van der Waals surface area contributed by atoms with Gasteiger partial charge >= 0.3 is 5.97 Å². The number of Topliss-reactive ketones (excluding diaryl/α,β-unsaturated/α-hetero) is 1. The summed E-state index contributed by atoms with van der Waals surface area (Å²) in [5.41, 5.74) is 0. The van der Waals surface area contributed by atoms with Crippen molar-refractivity contribution < 1.29 is 23.8 Å². The highest BCUT2D eigenvalue weighted by Gasteiger charge is 2.09. The molecular weight excluding hydrogens is 212 g/mol. The minimum absolute atomic E-state index is 0.158. The minimum atomic E-state index is -0.471. The molecule has 0 aromatic heterocycles. The van der Waals surface area contributed by atoms with E-state index in [0.29, 0.717) is 33.0 Å². The molecule has 0 spiro atoms. The largest absolute Gasteiger partial charge is 0.466 e. The number of hydrogen-bond donors (Lipinski definition) is 0. The Morgan fingerprint density at radius 1 is 0.938 bits per heavy atom. The predicted molar refractivity (Wildman–Crippen MR) is 58.2 cm³/mol. The Balaban J connectivity index is 3.33. The van der Waals surface area contributed by atoms with Crippen molar-refractivity contribution in [3.63, 3.8) is 0 Å². The summed E-state index contributed by atoms with van der Waals surface area (Å²) in [4.78, 5) is 22.1. The lowest BCUT2D eigenvalue weighted by molar-refractivity contribution is -0.145. The van der Waals surface area contributed by atoms with Crippen molar-refractivity contribution in [1.29, 1.82) is 0 Å². The fourth-order valence-corrected chi connectivity index (χ4v) is 1.01. The maximum absolute atomic E-state index is 11.2. The van der Waals surface area contributed by atoms with Crippen LogP contribution in [0.4, 0.5) is 0 Å². The van der Waals surface area contributed by atoms with Crippen LogP contribution in [0.15, 0.2) is 0 Å². The summed E-state index contributed by atoms with van der Waals surface area (Å²) >= 11 is 0. The van der Waals surface area contributed by atoms with Crippen LogP contribution in [0.1, 0.15) is 26.7 Å². The van der Waals surface area contributed by atoms with E-state index in [0.717, 1.165) is 0 Å². The molecule has 0 saturated heterocycles. The molecule has 0 aliphatic rings. The molecule has 16 heavy (non-hydrogen) atoms. The summed E-state index contributed by atoms with van der Waals surface area (Å²) in [6, 6.07) is 0. The second-order valence-electron chi connectivity index (χ2n) is 3.08. The maximum atomic E-state index is 11.2. The Morgan fingerprint density at radius 2 is 1.62 bits per heavy atom. The van der Waals surface area contributed by atoms with Crippen LogP contribution >= 0.6 is 0 Å². The van der Waals surface area contributed by atoms with E-state index in [1.807, 2.05) is 6.92 Å². The van der Waals surface area contributed by atoms with Gasteiger partial charge in [-0.15, -0.1) is 0 Å². The Bertz CT molecular complexity index is 203. The fraction of sp³-hybridized carbons (Fsp3) is 0.818. The van der Waals surface area contributed by atoms with Gasteiger partial charge in [0.2, 0.25) is 0 Å². The zero-order valence-electron chi connectivity index (χ0n) is 9.99. The number of carbonyl (C=O) groups is 2. The molecule has 0 atom stereocenters. The van der Waals surface area contributed by atoms with Gasteiger partial charge in [0.05, 0.1) is 26.4 Å². The highest BCUT2D eigenvalue weighted by Crippen LogP contribution is 1.94. The molecule has 5 nitrogen and oxygen atoms in total. The fourth-order valence-electron chi connectivity index (χ4n) is 1.01. The van der Waals surface area contributed by atoms with Crippen molar-refractivity contribution in [2.75, 3.05) is 33.0 Å². The number of esters is 1. The number of carbonyl (C=O) groups excluding carboxylic acids is 2. The average molecular weight is 232 g/mol. The van der Waals surface area contributed by atoms with Gasteiger partial charge in [-0.3, -0.25) is 9.59 Å². The number of hydrogen-bond acceptors (Lipinski definition) is 5. The number of rotatable bonds is 10. The van der Waals surface area contributed by atoms with E-state index in [1.54, 1.807) is 6.92 Å². The normalized spacial score (nSPS) is 10.1. The average Bonchev–Trinajstić information content (AvgIpc) is 2.23. The summed E-state index contributed by atoms with van der Waals surface area (Å²) < 4.78 is 14.9. The lowest BCUT2D eigenvalue weighted by atomic mass is 10.2. The Morgan fingerprint density at radius 3 is 2.25 bits per heavy atom. The van der Waals surface area contributed by atoms with Crippen LogP contribution in [0.2, 0.25) is 0 Å². The van der Waals surface area contributed by atoms with Crippen molar-refractivity contribution in [2.45, 2.75) is 26.7 Å². The highest BCUT2D eigenvalue weighted by atomic mass is 16.5. The molecule has 0 fully saturated rings. The molecule has 0 saturated carbocycles. The molecule has 0 N–H and O–H groups in total. The van der Waals surface area contributed by atoms with Crippen molar-refractivity contribution >= 4 is 11.8 Å². The second kappa shape index (κ2) is 10.6. The standard InChI is InChI=1S/C11H20O5/c1-3-14-7-8-15-6-5-10(12)9-11(13)16-4-2/h3-9H2,1-2H3. The monoisotopic (exact) mass is 232 g/mol. The first-order valence-corrected chi connectivity index (χ1v) is 5.53. The summed E-state index contributed by atoms with van der Waals surface area (Å²) in [6.07, 6.45) is 0.0770. The SMILES string of the molecule is CCOCCOCCC(=O)CC(=O)OCC. The van der Waals surface area contributed by atoms with Gasteiger partial charge in [-0.25, -0.2) is 0 Å². The van der Waals surface area contributed by atoms with E-state index in [4.69, 9.17) is 9.47 Å². The minimum Gasteiger partial charge on any atom is -0.466 e. The molecule has 0 amide bonds. The van der Waals surface area contributed by atoms with Gasteiger partial charge in [0, 0.05) is 13.0 Å².